The largest absolute Gasteiger partial charge is 0.494 e. The van der Waals surface area contributed by atoms with Crippen LogP contribution in [0.1, 0.15) is 25.8 Å². The van der Waals surface area contributed by atoms with Crippen LogP contribution >= 0.6 is 24.0 Å². The van der Waals surface area contributed by atoms with Gasteiger partial charge in [0, 0.05) is 32.7 Å². The van der Waals surface area contributed by atoms with Crippen LogP contribution < -0.4 is 10.1 Å². The molecule has 1 saturated heterocycles. The van der Waals surface area contributed by atoms with Gasteiger partial charge in [-0.3, -0.25) is 0 Å². The summed E-state index contributed by atoms with van der Waals surface area (Å²) in [6.45, 7) is 9.01. The van der Waals surface area contributed by atoms with Crippen molar-refractivity contribution in [1.82, 2.24) is 10.2 Å². The number of aliphatic imine (C=N–C) groups is 1. The first kappa shape index (κ1) is 21.0. The maximum absolute atomic E-state index is 5.55. The van der Waals surface area contributed by atoms with E-state index < -0.39 is 0 Å². The summed E-state index contributed by atoms with van der Waals surface area (Å²) in [6, 6.07) is 8.14. The third-order valence-electron chi connectivity index (χ3n) is 3.87. The first-order valence-electron chi connectivity index (χ1n) is 8.51. The molecule has 0 bridgehead atoms. The Labute approximate surface area is 162 Å². The minimum absolute atomic E-state index is 0. The first-order chi connectivity index (χ1) is 11.2. The lowest BCUT2D eigenvalue weighted by Crippen LogP contribution is -2.41. The summed E-state index contributed by atoms with van der Waals surface area (Å²) < 4.78 is 11.0. The van der Waals surface area contributed by atoms with Gasteiger partial charge in [-0.15, -0.1) is 24.0 Å². The molecule has 0 saturated carbocycles. The maximum atomic E-state index is 5.55. The van der Waals surface area contributed by atoms with Gasteiger partial charge in [0.1, 0.15) is 5.75 Å². The lowest BCUT2D eigenvalue weighted by molar-refractivity contribution is 0.181. The predicted molar refractivity (Wildman–Crippen MR) is 109 cm³/mol. The van der Waals surface area contributed by atoms with Gasteiger partial charge in [-0.1, -0.05) is 12.1 Å². The molecule has 1 unspecified atom stereocenters. The summed E-state index contributed by atoms with van der Waals surface area (Å²) in [6.07, 6.45) is 1.14. The number of ether oxygens (including phenoxy) is 2. The summed E-state index contributed by atoms with van der Waals surface area (Å²) in [5.74, 6) is 2.45. The summed E-state index contributed by atoms with van der Waals surface area (Å²) in [7, 11) is 2.09. The van der Waals surface area contributed by atoms with Gasteiger partial charge < -0.3 is 19.7 Å². The number of nitrogens with one attached hydrogen (secondary N) is 1. The molecule has 1 aromatic carbocycles. The van der Waals surface area contributed by atoms with E-state index in [2.05, 4.69) is 36.3 Å². The number of halogens is 1. The van der Waals surface area contributed by atoms with E-state index >= 15 is 0 Å². The number of nitrogens with zero attached hydrogens (tertiary/aromatic N) is 2. The van der Waals surface area contributed by atoms with E-state index in [1.54, 1.807) is 0 Å². The molecule has 0 amide bonds. The molecular weight excluding hydrogens is 417 g/mol. The van der Waals surface area contributed by atoms with Crippen molar-refractivity contribution >= 4 is 29.9 Å². The normalized spacial score (nSPS) is 17.3. The Bertz CT molecular complexity index is 505. The van der Waals surface area contributed by atoms with Crippen LogP contribution in [0, 0.1) is 5.92 Å². The van der Waals surface area contributed by atoms with Crippen molar-refractivity contribution in [2.75, 3.05) is 40.0 Å². The fourth-order valence-electron chi connectivity index (χ4n) is 2.74. The topological polar surface area (TPSA) is 46.1 Å². The summed E-state index contributed by atoms with van der Waals surface area (Å²) in [5.41, 5.74) is 1.16. The van der Waals surface area contributed by atoms with Crippen LogP contribution in [-0.2, 0) is 11.3 Å². The zero-order valence-electron chi connectivity index (χ0n) is 15.0. The zero-order chi connectivity index (χ0) is 16.5. The molecule has 136 valence electrons. The summed E-state index contributed by atoms with van der Waals surface area (Å²) in [5, 5.41) is 3.37. The molecular formula is C18H30IN3O2. The average molecular weight is 447 g/mol. The Kier molecular flexibility index (Phi) is 10.1. The van der Waals surface area contributed by atoms with Crippen molar-refractivity contribution in [3.63, 3.8) is 0 Å². The number of benzene rings is 1. The van der Waals surface area contributed by atoms with Gasteiger partial charge >= 0.3 is 0 Å². The number of rotatable bonds is 7. The van der Waals surface area contributed by atoms with Crippen LogP contribution in [0.25, 0.3) is 0 Å². The van der Waals surface area contributed by atoms with Gasteiger partial charge in [-0.05, 0) is 38.0 Å². The Morgan fingerprint density at radius 2 is 2.25 bits per heavy atom. The van der Waals surface area contributed by atoms with E-state index in [-0.39, 0.29) is 24.0 Å². The van der Waals surface area contributed by atoms with E-state index in [1.807, 2.05) is 19.1 Å². The fraction of sp³-hybridized carbons (Fsp3) is 0.611. The second kappa shape index (κ2) is 11.5. The molecule has 1 aromatic rings. The van der Waals surface area contributed by atoms with Crippen molar-refractivity contribution < 1.29 is 9.47 Å². The van der Waals surface area contributed by atoms with Crippen LogP contribution in [-0.4, -0.2) is 50.8 Å². The van der Waals surface area contributed by atoms with Gasteiger partial charge in [0.25, 0.3) is 0 Å². The van der Waals surface area contributed by atoms with E-state index in [1.165, 1.54) is 0 Å². The van der Waals surface area contributed by atoms with E-state index in [4.69, 9.17) is 14.5 Å². The molecule has 1 fully saturated rings. The molecule has 0 aliphatic carbocycles. The highest BCUT2D eigenvalue weighted by molar-refractivity contribution is 14.0. The Balaban J connectivity index is 0.00000288. The second-order valence-corrected chi connectivity index (χ2v) is 5.86. The molecule has 1 aliphatic rings. The minimum Gasteiger partial charge on any atom is -0.494 e. The first-order valence-corrected chi connectivity index (χ1v) is 8.51. The lowest BCUT2D eigenvalue weighted by Gasteiger charge is -2.24. The van der Waals surface area contributed by atoms with Crippen LogP contribution in [0.5, 0.6) is 5.75 Å². The third-order valence-corrected chi connectivity index (χ3v) is 3.87. The highest BCUT2D eigenvalue weighted by atomic mass is 127. The molecule has 2 rings (SSSR count). The lowest BCUT2D eigenvalue weighted by atomic mass is 10.1. The maximum Gasteiger partial charge on any atom is 0.193 e. The molecule has 0 radical (unpaired) electrons. The molecule has 5 nitrogen and oxygen atoms in total. The van der Waals surface area contributed by atoms with Crippen molar-refractivity contribution in [3.05, 3.63) is 29.8 Å². The van der Waals surface area contributed by atoms with Crippen molar-refractivity contribution in [2.45, 2.75) is 26.8 Å². The summed E-state index contributed by atoms with van der Waals surface area (Å²) in [4.78, 5) is 6.97. The molecule has 1 heterocycles. The van der Waals surface area contributed by atoms with Gasteiger partial charge in [0.2, 0.25) is 0 Å². The smallest absolute Gasteiger partial charge is 0.193 e. The van der Waals surface area contributed by atoms with E-state index in [0.717, 1.165) is 50.0 Å². The van der Waals surface area contributed by atoms with Crippen LogP contribution in [0.4, 0.5) is 0 Å². The standard InChI is InChI=1S/C18H29N3O2.HI/c1-4-19-18(21(3)13-16-9-10-22-14-16)20-12-15-7-6-8-17(11-15)23-5-2;/h6-8,11,16H,4-5,9-10,12-14H2,1-3H3,(H,19,20);1H. The number of hydrogen-bond acceptors (Lipinski definition) is 3. The zero-order valence-corrected chi connectivity index (χ0v) is 17.3. The second-order valence-electron chi connectivity index (χ2n) is 5.86. The Morgan fingerprint density at radius 3 is 2.92 bits per heavy atom. The highest BCUT2D eigenvalue weighted by Gasteiger charge is 2.18. The fourth-order valence-corrected chi connectivity index (χ4v) is 2.74. The Morgan fingerprint density at radius 1 is 1.42 bits per heavy atom. The van der Waals surface area contributed by atoms with Crippen LogP contribution in [0.15, 0.2) is 29.3 Å². The minimum atomic E-state index is 0. The highest BCUT2D eigenvalue weighted by Crippen LogP contribution is 2.15. The van der Waals surface area contributed by atoms with Crippen molar-refractivity contribution in [2.24, 2.45) is 10.9 Å². The van der Waals surface area contributed by atoms with Gasteiger partial charge in [0.05, 0.1) is 19.8 Å². The molecule has 1 N–H and O–H groups in total. The van der Waals surface area contributed by atoms with E-state index in [9.17, 15) is 0 Å². The quantitative estimate of drug-likeness (QED) is 0.397. The summed E-state index contributed by atoms with van der Waals surface area (Å²) >= 11 is 0. The van der Waals surface area contributed by atoms with Crippen molar-refractivity contribution in [3.8, 4) is 5.75 Å². The number of hydrogen-bond donors (Lipinski definition) is 1. The molecule has 1 aliphatic heterocycles. The third kappa shape index (κ3) is 6.84. The molecule has 0 spiro atoms. The van der Waals surface area contributed by atoms with Crippen molar-refractivity contribution in [1.29, 1.82) is 0 Å². The van der Waals surface area contributed by atoms with E-state index in [0.29, 0.717) is 19.1 Å². The van der Waals surface area contributed by atoms with Crippen LogP contribution in [0.3, 0.4) is 0 Å². The predicted octanol–water partition coefficient (Wildman–Crippen LogP) is 3.14. The molecule has 6 heteroatoms. The SMILES string of the molecule is CCNC(=NCc1cccc(OCC)c1)N(C)CC1CCOC1.I. The molecule has 0 aromatic heterocycles. The monoisotopic (exact) mass is 447 g/mol. The van der Waals surface area contributed by atoms with Gasteiger partial charge in [0.15, 0.2) is 5.96 Å². The molecule has 1 atom stereocenters. The average Bonchev–Trinajstić information content (AvgIpc) is 3.05. The van der Waals surface area contributed by atoms with Gasteiger partial charge in [-0.2, -0.15) is 0 Å². The number of guanidine groups is 1. The van der Waals surface area contributed by atoms with Crippen LogP contribution in [0.2, 0.25) is 0 Å². The molecule has 24 heavy (non-hydrogen) atoms. The van der Waals surface area contributed by atoms with Gasteiger partial charge in [-0.25, -0.2) is 4.99 Å². The Hall–Kier alpha value is -1.02.